The highest BCUT2D eigenvalue weighted by atomic mass is 35.5. The van der Waals surface area contributed by atoms with Crippen molar-refractivity contribution in [3.63, 3.8) is 0 Å². The Bertz CT molecular complexity index is 685. The Labute approximate surface area is 121 Å². The van der Waals surface area contributed by atoms with Crippen LogP contribution < -0.4 is 4.74 Å². The number of aryl methyl sites for hydroxylation is 2. The Morgan fingerprint density at radius 2 is 2.05 bits per heavy atom. The summed E-state index contributed by atoms with van der Waals surface area (Å²) in [6.07, 6.45) is 4.62. The van der Waals surface area contributed by atoms with Crippen LogP contribution in [0.3, 0.4) is 0 Å². The number of ether oxygens (including phenoxy) is 1. The summed E-state index contributed by atoms with van der Waals surface area (Å²) < 4.78 is 5.62. The van der Waals surface area contributed by atoms with Gasteiger partial charge in [-0.3, -0.25) is 0 Å². The van der Waals surface area contributed by atoms with E-state index >= 15 is 0 Å². The van der Waals surface area contributed by atoms with Gasteiger partial charge < -0.3 is 9.84 Å². The first-order valence-corrected chi connectivity index (χ1v) is 6.70. The number of halogens is 1. The smallest absolute Gasteiger partial charge is 0.337 e. The van der Waals surface area contributed by atoms with Crippen LogP contribution in [0.1, 0.15) is 27.9 Å². The summed E-state index contributed by atoms with van der Waals surface area (Å²) in [5.74, 6) is -0.210. The lowest BCUT2D eigenvalue weighted by Crippen LogP contribution is -1.99. The molecule has 0 aliphatic heterocycles. The maximum atomic E-state index is 11.0. The third-order valence-electron chi connectivity index (χ3n) is 3.35. The zero-order chi connectivity index (χ0) is 14.1. The van der Waals surface area contributed by atoms with E-state index < -0.39 is 5.97 Å². The number of carboxylic acid groups (broad SMARTS) is 1. The standard InChI is InChI=1S/C15H12ClNO3/c16-13-8-17-14(7-12(13)15(18)19)20-11-5-4-9-2-1-3-10(9)6-11/h4-8H,1-3H2,(H,18,19). The minimum Gasteiger partial charge on any atom is -0.478 e. The molecule has 102 valence electrons. The van der Waals surface area contributed by atoms with Crippen LogP contribution in [0.2, 0.25) is 5.02 Å². The predicted octanol–water partition coefficient (Wildman–Crippen LogP) is 3.71. The van der Waals surface area contributed by atoms with E-state index in [-0.39, 0.29) is 16.5 Å². The fraction of sp³-hybridized carbons (Fsp3) is 0.200. The van der Waals surface area contributed by atoms with Gasteiger partial charge in [-0.05, 0) is 42.5 Å². The van der Waals surface area contributed by atoms with Gasteiger partial charge in [0.1, 0.15) is 5.75 Å². The van der Waals surface area contributed by atoms with Gasteiger partial charge in [-0.15, -0.1) is 0 Å². The molecule has 0 saturated carbocycles. The first kappa shape index (κ1) is 12.9. The van der Waals surface area contributed by atoms with E-state index in [0.29, 0.717) is 5.75 Å². The van der Waals surface area contributed by atoms with Crippen LogP contribution in [0.5, 0.6) is 11.6 Å². The molecule has 1 aromatic carbocycles. The zero-order valence-electron chi connectivity index (χ0n) is 10.6. The summed E-state index contributed by atoms with van der Waals surface area (Å²) in [5, 5.41) is 9.11. The molecular weight excluding hydrogens is 278 g/mol. The van der Waals surface area contributed by atoms with Gasteiger partial charge in [0, 0.05) is 6.07 Å². The van der Waals surface area contributed by atoms with Crippen LogP contribution in [-0.4, -0.2) is 16.1 Å². The minimum atomic E-state index is -1.10. The molecule has 1 aliphatic carbocycles. The third kappa shape index (κ3) is 2.47. The van der Waals surface area contributed by atoms with Crippen LogP contribution >= 0.6 is 11.6 Å². The van der Waals surface area contributed by atoms with E-state index in [1.807, 2.05) is 18.2 Å². The molecule has 3 rings (SSSR count). The van der Waals surface area contributed by atoms with Crippen LogP contribution in [0, 0.1) is 0 Å². The Hall–Kier alpha value is -2.07. The molecule has 0 saturated heterocycles. The predicted molar refractivity (Wildman–Crippen MR) is 74.7 cm³/mol. The normalized spacial score (nSPS) is 13.1. The molecule has 0 radical (unpaired) electrons. The molecule has 0 amide bonds. The first-order valence-electron chi connectivity index (χ1n) is 6.32. The van der Waals surface area contributed by atoms with Crippen molar-refractivity contribution in [2.75, 3.05) is 0 Å². The van der Waals surface area contributed by atoms with Gasteiger partial charge in [-0.2, -0.15) is 0 Å². The van der Waals surface area contributed by atoms with Crippen molar-refractivity contribution < 1.29 is 14.6 Å². The largest absolute Gasteiger partial charge is 0.478 e. The highest BCUT2D eigenvalue weighted by molar-refractivity contribution is 6.33. The molecule has 4 nitrogen and oxygen atoms in total. The number of nitrogens with zero attached hydrogens (tertiary/aromatic N) is 1. The molecular formula is C15H12ClNO3. The molecule has 1 aliphatic rings. The molecule has 0 spiro atoms. The van der Waals surface area contributed by atoms with Gasteiger partial charge in [-0.1, -0.05) is 17.7 Å². The Balaban J connectivity index is 1.88. The van der Waals surface area contributed by atoms with Gasteiger partial charge in [0.05, 0.1) is 16.8 Å². The van der Waals surface area contributed by atoms with E-state index in [1.165, 1.54) is 29.8 Å². The summed E-state index contributed by atoms with van der Waals surface area (Å²) >= 11 is 5.77. The highest BCUT2D eigenvalue weighted by Crippen LogP contribution is 2.29. The molecule has 1 N–H and O–H groups in total. The van der Waals surface area contributed by atoms with Crippen molar-refractivity contribution in [3.8, 4) is 11.6 Å². The summed E-state index contributed by atoms with van der Waals surface area (Å²) in [7, 11) is 0. The van der Waals surface area contributed by atoms with Gasteiger partial charge in [-0.25, -0.2) is 9.78 Å². The summed E-state index contributed by atoms with van der Waals surface area (Å²) in [4.78, 5) is 15.0. The van der Waals surface area contributed by atoms with Crippen molar-refractivity contribution in [3.05, 3.63) is 52.2 Å². The van der Waals surface area contributed by atoms with E-state index in [9.17, 15) is 4.79 Å². The van der Waals surface area contributed by atoms with Gasteiger partial charge in [0.2, 0.25) is 5.88 Å². The summed E-state index contributed by atoms with van der Waals surface area (Å²) in [5.41, 5.74) is 2.63. The Morgan fingerprint density at radius 1 is 1.25 bits per heavy atom. The maximum Gasteiger partial charge on any atom is 0.337 e. The second-order valence-electron chi connectivity index (χ2n) is 4.69. The lowest BCUT2D eigenvalue weighted by atomic mass is 10.1. The Kier molecular flexibility index (Phi) is 3.32. The fourth-order valence-corrected chi connectivity index (χ4v) is 2.56. The minimum absolute atomic E-state index is 0.0159. The SMILES string of the molecule is O=C(O)c1cc(Oc2ccc3c(c2)CCC3)ncc1Cl. The van der Waals surface area contributed by atoms with Crippen LogP contribution in [0.4, 0.5) is 0 Å². The van der Waals surface area contributed by atoms with Crippen molar-refractivity contribution in [2.45, 2.75) is 19.3 Å². The fourth-order valence-electron chi connectivity index (χ4n) is 2.37. The molecule has 0 fully saturated rings. The quantitative estimate of drug-likeness (QED) is 0.935. The average Bonchev–Trinajstić information content (AvgIpc) is 2.88. The first-order chi connectivity index (χ1) is 9.63. The second-order valence-corrected chi connectivity index (χ2v) is 5.10. The number of aromatic nitrogens is 1. The molecule has 0 unspecified atom stereocenters. The van der Waals surface area contributed by atoms with Crippen LogP contribution in [-0.2, 0) is 12.8 Å². The number of hydrogen-bond donors (Lipinski definition) is 1. The molecule has 20 heavy (non-hydrogen) atoms. The monoisotopic (exact) mass is 289 g/mol. The van der Waals surface area contributed by atoms with E-state index in [1.54, 1.807) is 0 Å². The number of benzene rings is 1. The van der Waals surface area contributed by atoms with E-state index in [2.05, 4.69) is 4.98 Å². The van der Waals surface area contributed by atoms with E-state index in [4.69, 9.17) is 21.4 Å². The topological polar surface area (TPSA) is 59.4 Å². The number of carbonyl (C=O) groups is 1. The number of fused-ring (bicyclic) bond motifs is 1. The number of carboxylic acids is 1. The molecule has 2 aromatic rings. The van der Waals surface area contributed by atoms with Crippen molar-refractivity contribution in [1.29, 1.82) is 0 Å². The molecule has 0 bridgehead atoms. The second kappa shape index (κ2) is 5.13. The lowest BCUT2D eigenvalue weighted by Gasteiger charge is -2.08. The average molecular weight is 290 g/mol. The molecule has 5 heteroatoms. The third-order valence-corrected chi connectivity index (χ3v) is 3.65. The highest BCUT2D eigenvalue weighted by Gasteiger charge is 2.14. The molecule has 1 aromatic heterocycles. The van der Waals surface area contributed by atoms with Gasteiger partial charge in [0.15, 0.2) is 0 Å². The number of pyridine rings is 1. The van der Waals surface area contributed by atoms with Crippen LogP contribution in [0.25, 0.3) is 0 Å². The molecule has 0 atom stereocenters. The Morgan fingerprint density at radius 3 is 2.85 bits per heavy atom. The van der Waals surface area contributed by atoms with Crippen molar-refractivity contribution in [2.24, 2.45) is 0 Å². The van der Waals surface area contributed by atoms with Gasteiger partial charge in [0.25, 0.3) is 0 Å². The van der Waals surface area contributed by atoms with Crippen LogP contribution in [0.15, 0.2) is 30.5 Å². The zero-order valence-corrected chi connectivity index (χ0v) is 11.4. The summed E-state index contributed by atoms with van der Waals surface area (Å²) in [6, 6.07) is 7.24. The number of rotatable bonds is 3. The summed E-state index contributed by atoms with van der Waals surface area (Å²) in [6.45, 7) is 0. The van der Waals surface area contributed by atoms with Crippen molar-refractivity contribution in [1.82, 2.24) is 4.98 Å². The van der Waals surface area contributed by atoms with Gasteiger partial charge >= 0.3 is 5.97 Å². The number of hydrogen-bond acceptors (Lipinski definition) is 3. The van der Waals surface area contributed by atoms with E-state index in [0.717, 1.165) is 12.8 Å². The van der Waals surface area contributed by atoms with Crippen molar-refractivity contribution >= 4 is 17.6 Å². The molecule has 1 heterocycles. The lowest BCUT2D eigenvalue weighted by molar-refractivity contribution is 0.0696. The maximum absolute atomic E-state index is 11.0. The number of aromatic carboxylic acids is 1.